The maximum absolute atomic E-state index is 12.6. The van der Waals surface area contributed by atoms with Crippen molar-refractivity contribution >= 4 is 10.2 Å². The van der Waals surface area contributed by atoms with Gasteiger partial charge in [0, 0.05) is 39.3 Å². The molecule has 0 atom stereocenters. The molecule has 2 rings (SSSR count). The van der Waals surface area contributed by atoms with Gasteiger partial charge in [0.05, 0.1) is 0 Å². The minimum atomic E-state index is -3.23. The predicted octanol–water partition coefficient (Wildman–Crippen LogP) is -0.200. The van der Waals surface area contributed by atoms with Gasteiger partial charge >= 0.3 is 0 Å². The first-order valence-corrected chi connectivity index (χ1v) is 9.08. The number of hydrogen-bond acceptors (Lipinski definition) is 4. The Balaban J connectivity index is 1.85. The first-order valence-electron chi connectivity index (χ1n) is 7.68. The molecule has 6 nitrogen and oxygen atoms in total. The highest BCUT2D eigenvalue weighted by Crippen LogP contribution is 2.21. The van der Waals surface area contributed by atoms with E-state index >= 15 is 0 Å². The summed E-state index contributed by atoms with van der Waals surface area (Å²) in [7, 11) is -1.19. The van der Waals surface area contributed by atoms with Gasteiger partial charge in [0.1, 0.15) is 0 Å². The third-order valence-electron chi connectivity index (χ3n) is 4.37. The lowest BCUT2D eigenvalue weighted by Crippen LogP contribution is -2.53. The van der Waals surface area contributed by atoms with Crippen molar-refractivity contribution in [2.24, 2.45) is 5.92 Å². The van der Waals surface area contributed by atoms with E-state index in [0.29, 0.717) is 32.1 Å². The summed E-state index contributed by atoms with van der Waals surface area (Å²) in [5.41, 5.74) is 0. The summed E-state index contributed by atoms with van der Waals surface area (Å²) in [4.78, 5) is 2.18. The van der Waals surface area contributed by atoms with E-state index in [2.05, 4.69) is 17.1 Å². The molecule has 0 unspecified atom stereocenters. The van der Waals surface area contributed by atoms with Crippen molar-refractivity contribution in [3.63, 3.8) is 0 Å². The molecule has 2 aliphatic rings. The van der Waals surface area contributed by atoms with E-state index < -0.39 is 10.2 Å². The smallest absolute Gasteiger partial charge is 0.282 e. The lowest BCUT2D eigenvalue weighted by atomic mass is 9.98. The Labute approximate surface area is 123 Å². The zero-order valence-corrected chi connectivity index (χ0v) is 13.5. The maximum atomic E-state index is 12.6. The fourth-order valence-electron chi connectivity index (χ4n) is 2.87. The topological polar surface area (TPSA) is 55.9 Å². The zero-order chi connectivity index (χ0) is 14.6. The molecule has 0 saturated carbocycles. The summed E-state index contributed by atoms with van der Waals surface area (Å²) < 4.78 is 28.5. The van der Waals surface area contributed by atoms with Crippen molar-refractivity contribution in [3.8, 4) is 0 Å². The molecule has 118 valence electrons. The van der Waals surface area contributed by atoms with Crippen LogP contribution in [-0.4, -0.2) is 81.3 Å². The van der Waals surface area contributed by atoms with Crippen LogP contribution < -0.4 is 5.32 Å². The van der Waals surface area contributed by atoms with Crippen LogP contribution in [0.4, 0.5) is 0 Å². The number of piperazine rings is 1. The van der Waals surface area contributed by atoms with Gasteiger partial charge in [-0.3, -0.25) is 0 Å². The first kappa shape index (κ1) is 16.2. The van der Waals surface area contributed by atoms with E-state index in [-0.39, 0.29) is 0 Å². The number of nitrogens with one attached hydrogen (secondary N) is 1. The van der Waals surface area contributed by atoms with Crippen LogP contribution in [0.25, 0.3) is 0 Å². The predicted molar refractivity (Wildman–Crippen MR) is 80.8 cm³/mol. The van der Waals surface area contributed by atoms with E-state index in [9.17, 15) is 8.42 Å². The monoisotopic (exact) mass is 304 g/mol. The molecule has 0 aromatic rings. The standard InChI is InChI=1S/C13H28N4O2S/c1-3-14-12-13-4-6-16(7-5-13)20(18,19)17-10-8-15(2)9-11-17/h13-14H,3-12H2,1-2H3. The van der Waals surface area contributed by atoms with Crippen LogP contribution in [-0.2, 0) is 10.2 Å². The van der Waals surface area contributed by atoms with Crippen molar-refractivity contribution < 1.29 is 8.42 Å². The number of nitrogens with zero attached hydrogens (tertiary/aromatic N) is 3. The van der Waals surface area contributed by atoms with Gasteiger partial charge in [-0.1, -0.05) is 6.92 Å². The van der Waals surface area contributed by atoms with Crippen molar-refractivity contribution in [3.05, 3.63) is 0 Å². The molecule has 2 fully saturated rings. The fourth-order valence-corrected chi connectivity index (χ4v) is 4.50. The van der Waals surface area contributed by atoms with Gasteiger partial charge in [-0.15, -0.1) is 0 Å². The SMILES string of the molecule is CCNCC1CCN(S(=O)(=O)N2CCN(C)CC2)CC1. The van der Waals surface area contributed by atoms with Gasteiger partial charge < -0.3 is 10.2 Å². The summed E-state index contributed by atoms with van der Waals surface area (Å²) in [6.45, 7) is 8.35. The molecular formula is C13H28N4O2S. The molecular weight excluding hydrogens is 276 g/mol. The highest BCUT2D eigenvalue weighted by atomic mass is 32.2. The Hall–Kier alpha value is -0.210. The average Bonchev–Trinajstić information content (AvgIpc) is 2.46. The number of hydrogen-bond donors (Lipinski definition) is 1. The van der Waals surface area contributed by atoms with Crippen molar-refractivity contribution in [2.75, 3.05) is 59.4 Å². The molecule has 0 aliphatic carbocycles. The summed E-state index contributed by atoms with van der Waals surface area (Å²) in [5.74, 6) is 0.619. The highest BCUT2D eigenvalue weighted by molar-refractivity contribution is 7.86. The molecule has 7 heteroatoms. The summed E-state index contributed by atoms with van der Waals surface area (Å²) in [6, 6.07) is 0. The molecule has 2 saturated heterocycles. The number of likely N-dealkylation sites (N-methyl/N-ethyl adjacent to an activating group) is 1. The molecule has 0 aromatic heterocycles. The summed E-state index contributed by atoms with van der Waals surface area (Å²) in [5, 5.41) is 3.36. The van der Waals surface area contributed by atoms with Gasteiger partial charge in [0.15, 0.2) is 0 Å². The van der Waals surface area contributed by atoms with Crippen LogP contribution in [0.3, 0.4) is 0 Å². The molecule has 1 N–H and O–H groups in total. The molecule has 2 aliphatic heterocycles. The molecule has 20 heavy (non-hydrogen) atoms. The molecule has 0 spiro atoms. The third kappa shape index (κ3) is 3.92. The maximum Gasteiger partial charge on any atom is 0.282 e. The number of rotatable bonds is 5. The first-order chi connectivity index (χ1) is 9.54. The number of piperidine rings is 1. The van der Waals surface area contributed by atoms with Crippen LogP contribution in [0.5, 0.6) is 0 Å². The highest BCUT2D eigenvalue weighted by Gasteiger charge is 2.33. The molecule has 0 bridgehead atoms. The molecule has 0 amide bonds. The minimum Gasteiger partial charge on any atom is -0.317 e. The fraction of sp³-hybridized carbons (Fsp3) is 1.00. The van der Waals surface area contributed by atoms with E-state index in [4.69, 9.17) is 0 Å². The summed E-state index contributed by atoms with van der Waals surface area (Å²) >= 11 is 0. The van der Waals surface area contributed by atoms with Gasteiger partial charge in [-0.05, 0) is 38.9 Å². The quantitative estimate of drug-likeness (QED) is 0.764. The van der Waals surface area contributed by atoms with E-state index in [0.717, 1.165) is 39.0 Å². The third-order valence-corrected chi connectivity index (χ3v) is 6.41. The second-order valence-corrected chi connectivity index (χ2v) is 7.79. The van der Waals surface area contributed by atoms with Gasteiger partial charge in [0.2, 0.25) is 0 Å². The molecule has 2 heterocycles. The van der Waals surface area contributed by atoms with Crippen LogP contribution in [0.2, 0.25) is 0 Å². The molecule has 0 radical (unpaired) electrons. The van der Waals surface area contributed by atoms with E-state index in [1.807, 2.05) is 7.05 Å². The van der Waals surface area contributed by atoms with Crippen LogP contribution in [0.1, 0.15) is 19.8 Å². The van der Waals surface area contributed by atoms with Crippen LogP contribution in [0.15, 0.2) is 0 Å². The molecule has 0 aromatic carbocycles. The van der Waals surface area contributed by atoms with Crippen LogP contribution >= 0.6 is 0 Å². The Morgan fingerprint density at radius 3 is 2.10 bits per heavy atom. The summed E-state index contributed by atoms with van der Waals surface area (Å²) in [6.07, 6.45) is 1.94. The van der Waals surface area contributed by atoms with Crippen molar-refractivity contribution in [2.45, 2.75) is 19.8 Å². The largest absolute Gasteiger partial charge is 0.317 e. The van der Waals surface area contributed by atoms with Crippen LogP contribution in [0, 0.1) is 5.92 Å². The van der Waals surface area contributed by atoms with Gasteiger partial charge in [-0.25, -0.2) is 0 Å². The van der Waals surface area contributed by atoms with Crippen molar-refractivity contribution in [1.82, 2.24) is 18.8 Å². The Bertz CT molecular complexity index is 385. The lowest BCUT2D eigenvalue weighted by Gasteiger charge is -2.38. The lowest BCUT2D eigenvalue weighted by molar-refractivity contribution is 0.199. The Morgan fingerprint density at radius 2 is 1.55 bits per heavy atom. The zero-order valence-electron chi connectivity index (χ0n) is 12.7. The van der Waals surface area contributed by atoms with Gasteiger partial charge in [-0.2, -0.15) is 17.0 Å². The Morgan fingerprint density at radius 1 is 1.00 bits per heavy atom. The minimum absolute atomic E-state index is 0.619. The average molecular weight is 304 g/mol. The van der Waals surface area contributed by atoms with Gasteiger partial charge in [0.25, 0.3) is 10.2 Å². The van der Waals surface area contributed by atoms with E-state index in [1.54, 1.807) is 8.61 Å². The second kappa shape index (κ2) is 7.17. The van der Waals surface area contributed by atoms with E-state index in [1.165, 1.54) is 0 Å². The van der Waals surface area contributed by atoms with Crippen molar-refractivity contribution in [1.29, 1.82) is 0 Å². The second-order valence-electron chi connectivity index (χ2n) is 5.86. The normalized spacial score (nSPS) is 25.1. The Kier molecular flexibility index (Phi) is 5.80.